The van der Waals surface area contributed by atoms with Crippen molar-refractivity contribution in [3.63, 3.8) is 0 Å². The van der Waals surface area contributed by atoms with Crippen LogP contribution in [0, 0.1) is 0 Å². The Bertz CT molecular complexity index is 1130. The lowest BCUT2D eigenvalue weighted by Crippen LogP contribution is -2.39. The van der Waals surface area contributed by atoms with E-state index >= 15 is 0 Å². The third kappa shape index (κ3) is 3.82. The highest BCUT2D eigenvalue weighted by molar-refractivity contribution is 9.10. The van der Waals surface area contributed by atoms with Crippen LogP contribution in [0.4, 0.5) is 18.9 Å². The van der Waals surface area contributed by atoms with E-state index in [4.69, 9.17) is 5.14 Å². The molecule has 2 aromatic carbocycles. The fourth-order valence-electron chi connectivity index (χ4n) is 2.61. The van der Waals surface area contributed by atoms with E-state index in [-0.39, 0.29) is 0 Å². The Kier molecular flexibility index (Phi) is 4.79. The maximum Gasteiger partial charge on any atom is 0.417 e. The molecule has 146 valence electrons. The summed E-state index contributed by atoms with van der Waals surface area (Å²) in [6, 6.07) is 7.33. The van der Waals surface area contributed by atoms with Gasteiger partial charge >= 0.3 is 6.18 Å². The summed E-state index contributed by atoms with van der Waals surface area (Å²) in [4.78, 5) is -1.97. The van der Waals surface area contributed by atoms with Crippen LogP contribution in [-0.2, 0) is 26.2 Å². The molecule has 1 aliphatic heterocycles. The van der Waals surface area contributed by atoms with Gasteiger partial charge in [-0.25, -0.2) is 22.0 Å². The predicted octanol–water partition coefficient (Wildman–Crippen LogP) is 2.52. The second kappa shape index (κ2) is 6.44. The summed E-state index contributed by atoms with van der Waals surface area (Å²) in [7, 11) is -9.14. The first-order chi connectivity index (χ1) is 12.3. The zero-order valence-electron chi connectivity index (χ0n) is 13.1. The van der Waals surface area contributed by atoms with E-state index in [0.29, 0.717) is 22.2 Å². The van der Waals surface area contributed by atoms with Crippen LogP contribution in [0.2, 0.25) is 0 Å². The number of hydrogen-bond donors (Lipinski definition) is 3. The Hall–Kier alpha value is -1.67. The molecular formula is C14H11BrF3N3O4S2. The first kappa shape index (κ1) is 20.1. The van der Waals surface area contributed by atoms with E-state index in [1.807, 2.05) is 0 Å². The van der Waals surface area contributed by atoms with Crippen LogP contribution in [0.25, 0.3) is 0 Å². The first-order valence-corrected chi connectivity index (χ1v) is 10.9. The van der Waals surface area contributed by atoms with Crippen LogP contribution in [0.5, 0.6) is 0 Å². The monoisotopic (exact) mass is 485 g/mol. The maximum absolute atomic E-state index is 13.3. The van der Waals surface area contributed by atoms with Gasteiger partial charge in [-0.1, -0.05) is 34.1 Å². The van der Waals surface area contributed by atoms with Crippen molar-refractivity contribution < 1.29 is 30.0 Å². The van der Waals surface area contributed by atoms with Crippen LogP contribution in [0.1, 0.15) is 17.3 Å². The molecular weight excluding hydrogens is 475 g/mol. The average Bonchev–Trinajstić information content (AvgIpc) is 2.51. The minimum atomic E-state index is -5.06. The SMILES string of the molecule is NS(=O)(=O)c1cc2c(cc1C(F)(F)F)N[C@@H](c1ccccc1Br)NS2(=O)=O. The van der Waals surface area contributed by atoms with Gasteiger partial charge in [0, 0.05) is 10.0 Å². The number of fused-ring (bicyclic) bond motifs is 1. The topological polar surface area (TPSA) is 118 Å². The van der Waals surface area contributed by atoms with Gasteiger partial charge in [-0.2, -0.15) is 17.9 Å². The standard InChI is InChI=1S/C14H11BrF3N3O4S2/c15-9-4-2-1-3-7(9)13-20-10-5-8(14(16,17)18)11(26(19,22)23)6-12(10)27(24,25)21-13/h1-6,13,20-21H,(H2,19,22,23)/t13-/m1/s1. The lowest BCUT2D eigenvalue weighted by molar-refractivity contribution is -0.139. The Labute approximate surface area is 161 Å². The van der Waals surface area contributed by atoms with Crippen molar-refractivity contribution in [2.75, 3.05) is 5.32 Å². The highest BCUT2D eigenvalue weighted by Gasteiger charge is 2.40. The highest BCUT2D eigenvalue weighted by Crippen LogP contribution is 2.41. The van der Waals surface area contributed by atoms with Crippen molar-refractivity contribution in [1.29, 1.82) is 0 Å². The van der Waals surface area contributed by atoms with Crippen LogP contribution < -0.4 is 15.2 Å². The van der Waals surface area contributed by atoms with Crippen molar-refractivity contribution in [2.45, 2.75) is 22.1 Å². The number of sulfonamides is 2. The summed E-state index contributed by atoms with van der Waals surface area (Å²) in [5.74, 6) is 0. The lowest BCUT2D eigenvalue weighted by atomic mass is 10.1. The minimum absolute atomic E-state index is 0.394. The average molecular weight is 486 g/mol. The van der Waals surface area contributed by atoms with Gasteiger partial charge in [0.25, 0.3) is 0 Å². The fourth-order valence-corrected chi connectivity index (χ4v) is 5.26. The molecule has 27 heavy (non-hydrogen) atoms. The zero-order valence-corrected chi connectivity index (χ0v) is 16.3. The Morgan fingerprint density at radius 3 is 2.33 bits per heavy atom. The fraction of sp³-hybridized carbons (Fsp3) is 0.143. The van der Waals surface area contributed by atoms with Gasteiger partial charge in [-0.05, 0) is 18.2 Å². The molecule has 0 radical (unpaired) electrons. The number of alkyl halides is 3. The van der Waals surface area contributed by atoms with E-state index < -0.39 is 53.4 Å². The molecule has 0 unspecified atom stereocenters. The first-order valence-electron chi connectivity index (χ1n) is 7.12. The number of hydrogen-bond acceptors (Lipinski definition) is 5. The Balaban J connectivity index is 2.24. The summed E-state index contributed by atoms with van der Waals surface area (Å²) in [5.41, 5.74) is -1.52. The summed E-state index contributed by atoms with van der Waals surface area (Å²) < 4.78 is 90.9. The lowest BCUT2D eigenvalue weighted by Gasteiger charge is -2.30. The summed E-state index contributed by atoms with van der Waals surface area (Å²) in [6.45, 7) is 0. The van der Waals surface area contributed by atoms with Gasteiger partial charge in [0.1, 0.15) is 11.1 Å². The molecule has 0 saturated carbocycles. The van der Waals surface area contributed by atoms with E-state index in [9.17, 15) is 30.0 Å². The number of benzene rings is 2. The molecule has 0 fully saturated rings. The molecule has 1 heterocycles. The molecule has 0 aliphatic carbocycles. The molecule has 7 nitrogen and oxygen atoms in total. The molecule has 4 N–H and O–H groups in total. The van der Waals surface area contributed by atoms with E-state index in [1.165, 1.54) is 0 Å². The van der Waals surface area contributed by atoms with E-state index in [2.05, 4.69) is 26.0 Å². The molecule has 1 aliphatic rings. The summed E-state index contributed by atoms with van der Waals surface area (Å²) >= 11 is 3.24. The second-order valence-electron chi connectivity index (χ2n) is 5.61. The largest absolute Gasteiger partial charge is 0.417 e. The van der Waals surface area contributed by atoms with Crippen LogP contribution >= 0.6 is 15.9 Å². The van der Waals surface area contributed by atoms with Gasteiger partial charge in [0.2, 0.25) is 20.0 Å². The van der Waals surface area contributed by atoms with Gasteiger partial charge in [-0.3, -0.25) is 0 Å². The Morgan fingerprint density at radius 1 is 1.15 bits per heavy atom. The number of anilines is 1. The summed E-state index contributed by atoms with van der Waals surface area (Å²) in [5, 5.41) is 7.49. The van der Waals surface area contributed by atoms with Crippen molar-refractivity contribution in [2.24, 2.45) is 5.14 Å². The quantitative estimate of drug-likeness (QED) is 0.603. The maximum atomic E-state index is 13.3. The van der Waals surface area contributed by atoms with Gasteiger partial charge in [0.05, 0.1) is 16.1 Å². The van der Waals surface area contributed by atoms with Gasteiger partial charge in [-0.15, -0.1) is 0 Å². The molecule has 0 aromatic heterocycles. The van der Waals surface area contributed by atoms with Crippen LogP contribution in [0.15, 0.2) is 50.7 Å². The molecule has 3 rings (SSSR count). The third-order valence-electron chi connectivity index (χ3n) is 3.77. The number of nitrogens with one attached hydrogen (secondary N) is 2. The molecule has 0 saturated heterocycles. The minimum Gasteiger partial charge on any atom is -0.364 e. The van der Waals surface area contributed by atoms with E-state index in [1.54, 1.807) is 24.3 Å². The van der Waals surface area contributed by atoms with Gasteiger partial charge in [0.15, 0.2) is 0 Å². The molecule has 13 heteroatoms. The highest BCUT2D eigenvalue weighted by atomic mass is 79.9. The predicted molar refractivity (Wildman–Crippen MR) is 93.6 cm³/mol. The molecule has 1 atom stereocenters. The number of halogens is 4. The molecule has 2 aromatic rings. The van der Waals surface area contributed by atoms with Crippen LogP contribution in [0.3, 0.4) is 0 Å². The number of nitrogens with two attached hydrogens (primary N) is 1. The number of rotatable bonds is 2. The zero-order chi connectivity index (χ0) is 20.2. The molecule has 0 amide bonds. The summed E-state index contributed by atoms with van der Waals surface area (Å²) in [6.07, 6.45) is -6.13. The van der Waals surface area contributed by atoms with E-state index in [0.717, 1.165) is 0 Å². The van der Waals surface area contributed by atoms with Crippen molar-refractivity contribution >= 4 is 41.7 Å². The van der Waals surface area contributed by atoms with Crippen LogP contribution in [-0.4, -0.2) is 16.8 Å². The molecule has 0 bridgehead atoms. The van der Waals surface area contributed by atoms with Crippen molar-refractivity contribution in [1.82, 2.24) is 4.72 Å². The normalized spacial score (nSPS) is 19.2. The smallest absolute Gasteiger partial charge is 0.364 e. The number of primary sulfonamides is 1. The molecule has 0 spiro atoms. The second-order valence-corrected chi connectivity index (χ2v) is 9.67. The Morgan fingerprint density at radius 2 is 1.78 bits per heavy atom. The van der Waals surface area contributed by atoms with Crippen molar-refractivity contribution in [3.8, 4) is 0 Å². The van der Waals surface area contributed by atoms with Gasteiger partial charge < -0.3 is 5.32 Å². The van der Waals surface area contributed by atoms with Crippen molar-refractivity contribution in [3.05, 3.63) is 52.0 Å². The third-order valence-corrected chi connectivity index (χ3v) is 6.91.